The Morgan fingerprint density at radius 3 is 2.86 bits per heavy atom. The number of halogens is 1. The van der Waals surface area contributed by atoms with Gasteiger partial charge in [-0.25, -0.2) is 4.79 Å². The summed E-state index contributed by atoms with van der Waals surface area (Å²) in [6, 6.07) is -0.925. The highest BCUT2D eigenvalue weighted by molar-refractivity contribution is 8.00. The summed E-state index contributed by atoms with van der Waals surface area (Å²) in [4.78, 5) is 46.7. The first-order valence-corrected chi connectivity index (χ1v) is 10.3. The maximum Gasteiger partial charge on any atom is 0.352 e. The SMILES string of the molecule is CCON=C(C(=O)NC1C(=O)N2C(C(=O)O)=C(CCl)CS[C@@H]12)c1nsc(N)n1. The Morgan fingerprint density at radius 1 is 1.54 bits per heavy atom. The average molecular weight is 447 g/mol. The lowest BCUT2D eigenvalue weighted by molar-refractivity contribution is -0.150. The molecule has 4 N–H and O–H groups in total. The minimum absolute atomic E-state index is 0.00421. The summed E-state index contributed by atoms with van der Waals surface area (Å²) in [5.74, 6) is -2.19. The molecule has 0 aliphatic carbocycles. The molecule has 2 aliphatic heterocycles. The maximum atomic E-state index is 12.7. The smallest absolute Gasteiger partial charge is 0.352 e. The first-order valence-electron chi connectivity index (χ1n) is 7.95. The number of fused-ring (bicyclic) bond motifs is 1. The molecule has 14 heteroatoms. The van der Waals surface area contributed by atoms with Crippen LogP contribution in [-0.2, 0) is 19.2 Å². The molecule has 3 heterocycles. The fourth-order valence-electron chi connectivity index (χ4n) is 2.64. The summed E-state index contributed by atoms with van der Waals surface area (Å²) in [5, 5.41) is 15.3. The normalized spacial score (nSPS) is 21.9. The average Bonchev–Trinajstić information content (AvgIpc) is 3.10. The van der Waals surface area contributed by atoms with E-state index in [1.54, 1.807) is 6.92 Å². The number of alkyl halides is 1. The number of carboxylic acid groups (broad SMARTS) is 1. The molecule has 3 rings (SSSR count). The van der Waals surface area contributed by atoms with E-state index in [0.717, 1.165) is 16.4 Å². The van der Waals surface area contributed by atoms with E-state index < -0.39 is 29.2 Å². The number of amides is 2. The van der Waals surface area contributed by atoms with E-state index in [9.17, 15) is 19.5 Å². The van der Waals surface area contributed by atoms with E-state index in [1.807, 2.05) is 0 Å². The molecule has 1 aromatic heterocycles. The molecular weight excluding hydrogens is 432 g/mol. The zero-order valence-electron chi connectivity index (χ0n) is 14.4. The first kappa shape index (κ1) is 20.4. The van der Waals surface area contributed by atoms with Gasteiger partial charge in [0.25, 0.3) is 11.8 Å². The molecule has 0 saturated carbocycles. The van der Waals surface area contributed by atoms with Crippen LogP contribution in [0.1, 0.15) is 12.7 Å². The zero-order valence-corrected chi connectivity index (χ0v) is 16.8. The predicted molar refractivity (Wildman–Crippen MR) is 103 cm³/mol. The summed E-state index contributed by atoms with van der Waals surface area (Å²) < 4.78 is 3.93. The number of carbonyl (C=O) groups is 3. The van der Waals surface area contributed by atoms with Crippen LogP contribution in [0.15, 0.2) is 16.4 Å². The third-order valence-corrected chi connectivity index (χ3v) is 6.06. The number of hydrogen-bond acceptors (Lipinski definition) is 10. The molecule has 1 aromatic rings. The second-order valence-corrected chi connectivity index (χ2v) is 7.72. The van der Waals surface area contributed by atoms with Gasteiger partial charge in [0, 0.05) is 23.2 Å². The molecule has 28 heavy (non-hydrogen) atoms. The second kappa shape index (κ2) is 8.32. The van der Waals surface area contributed by atoms with Crippen LogP contribution in [0.2, 0.25) is 0 Å². The molecule has 2 aliphatic rings. The Balaban J connectivity index is 1.79. The molecule has 11 nitrogen and oxygen atoms in total. The van der Waals surface area contributed by atoms with Crippen LogP contribution in [0.4, 0.5) is 5.13 Å². The maximum absolute atomic E-state index is 12.7. The van der Waals surface area contributed by atoms with Gasteiger partial charge in [-0.2, -0.15) is 9.36 Å². The lowest BCUT2D eigenvalue weighted by atomic mass is 10.0. The highest BCUT2D eigenvalue weighted by Crippen LogP contribution is 2.40. The molecular formula is C14H15ClN6O5S2. The Bertz CT molecular complexity index is 887. The standard InChI is InChI=1S/C14H15ClN6O5S2/c1-2-26-19-6(9-18-14(16)28-20-9)10(22)17-7-11(23)21-8(13(24)25)5(3-15)4-27-12(7)21/h7,12H,2-4H2,1H3,(H,17,22)(H,24,25)(H2,16,18,20)/t7?,12-/m0/s1. The van der Waals surface area contributed by atoms with Crippen molar-refractivity contribution in [3.05, 3.63) is 17.1 Å². The largest absolute Gasteiger partial charge is 0.477 e. The van der Waals surface area contributed by atoms with E-state index in [2.05, 4.69) is 19.8 Å². The van der Waals surface area contributed by atoms with Gasteiger partial charge in [-0.15, -0.1) is 23.4 Å². The van der Waals surface area contributed by atoms with Crippen LogP contribution in [0.5, 0.6) is 0 Å². The molecule has 150 valence electrons. The molecule has 0 spiro atoms. The van der Waals surface area contributed by atoms with E-state index in [-0.39, 0.29) is 34.9 Å². The minimum Gasteiger partial charge on any atom is -0.477 e. The second-order valence-electron chi connectivity index (χ2n) is 5.57. The third kappa shape index (κ3) is 3.64. The van der Waals surface area contributed by atoms with E-state index in [1.165, 1.54) is 11.8 Å². The van der Waals surface area contributed by atoms with Gasteiger partial charge in [0.2, 0.25) is 11.5 Å². The number of β-lactam (4-membered cyclic amide) rings is 1. The number of aromatic nitrogens is 2. The summed E-state index contributed by atoms with van der Waals surface area (Å²) in [5.41, 5.74) is 5.64. The highest BCUT2D eigenvalue weighted by Gasteiger charge is 2.54. The van der Waals surface area contributed by atoms with Crippen LogP contribution in [0.3, 0.4) is 0 Å². The van der Waals surface area contributed by atoms with E-state index >= 15 is 0 Å². The zero-order chi connectivity index (χ0) is 20.4. The van der Waals surface area contributed by atoms with Crippen molar-refractivity contribution in [2.45, 2.75) is 18.3 Å². The van der Waals surface area contributed by atoms with Crippen LogP contribution in [0, 0.1) is 0 Å². The molecule has 2 atom stereocenters. The lowest BCUT2D eigenvalue weighted by Gasteiger charge is -2.49. The van der Waals surface area contributed by atoms with Gasteiger partial charge in [-0.1, -0.05) is 5.16 Å². The van der Waals surface area contributed by atoms with Crippen molar-refractivity contribution < 1.29 is 24.3 Å². The van der Waals surface area contributed by atoms with Gasteiger partial charge < -0.3 is 21.0 Å². The fraction of sp³-hybridized carbons (Fsp3) is 0.429. The number of nitrogens with zero attached hydrogens (tertiary/aromatic N) is 4. The first-order chi connectivity index (χ1) is 13.4. The quantitative estimate of drug-likeness (QED) is 0.223. The van der Waals surface area contributed by atoms with Gasteiger partial charge >= 0.3 is 5.97 Å². The Kier molecular flexibility index (Phi) is 6.05. The Morgan fingerprint density at radius 2 is 2.29 bits per heavy atom. The van der Waals surface area contributed by atoms with Crippen LogP contribution in [-0.4, -0.2) is 72.5 Å². The molecule has 1 saturated heterocycles. The summed E-state index contributed by atoms with van der Waals surface area (Å²) in [6.45, 7) is 1.89. The van der Waals surface area contributed by atoms with Crippen LogP contribution in [0.25, 0.3) is 0 Å². The van der Waals surface area contributed by atoms with Crippen molar-refractivity contribution >= 4 is 63.5 Å². The minimum atomic E-state index is -1.24. The van der Waals surface area contributed by atoms with Gasteiger partial charge in [-0.3, -0.25) is 14.5 Å². The fourth-order valence-corrected chi connectivity index (χ4v) is 4.75. The molecule has 1 fully saturated rings. The van der Waals surface area contributed by atoms with Crippen molar-refractivity contribution in [2.24, 2.45) is 5.16 Å². The number of nitrogen functional groups attached to an aromatic ring is 1. The van der Waals surface area contributed by atoms with Crippen molar-refractivity contribution in [3.8, 4) is 0 Å². The molecule has 1 unspecified atom stereocenters. The Hall–Kier alpha value is -2.38. The van der Waals surface area contributed by atoms with Gasteiger partial charge in [0.05, 0.1) is 0 Å². The number of nitrogens with two attached hydrogens (primary N) is 1. The molecule has 0 bridgehead atoms. The van der Waals surface area contributed by atoms with Gasteiger partial charge in [0.15, 0.2) is 5.13 Å². The van der Waals surface area contributed by atoms with Crippen molar-refractivity contribution in [1.82, 2.24) is 19.6 Å². The van der Waals surface area contributed by atoms with E-state index in [4.69, 9.17) is 22.2 Å². The number of anilines is 1. The van der Waals surface area contributed by atoms with Crippen molar-refractivity contribution in [2.75, 3.05) is 24.0 Å². The Labute approximate surface area is 172 Å². The molecule has 0 aromatic carbocycles. The monoisotopic (exact) mass is 446 g/mol. The number of thioether (sulfide) groups is 1. The summed E-state index contributed by atoms with van der Waals surface area (Å²) in [7, 11) is 0. The number of aliphatic carboxylic acids is 1. The number of hydrogen-bond donors (Lipinski definition) is 3. The number of rotatable bonds is 7. The predicted octanol–water partition coefficient (Wildman–Crippen LogP) is -0.162. The van der Waals surface area contributed by atoms with E-state index in [0.29, 0.717) is 11.3 Å². The lowest BCUT2D eigenvalue weighted by Crippen LogP contribution is -2.71. The van der Waals surface area contributed by atoms with Crippen molar-refractivity contribution in [1.29, 1.82) is 0 Å². The molecule has 2 amide bonds. The topological polar surface area (TPSA) is 160 Å². The van der Waals surface area contributed by atoms with Crippen molar-refractivity contribution in [3.63, 3.8) is 0 Å². The number of carbonyl (C=O) groups excluding carboxylic acids is 2. The summed E-state index contributed by atoms with van der Waals surface area (Å²) in [6.07, 6.45) is 0. The highest BCUT2D eigenvalue weighted by atomic mass is 35.5. The number of carboxylic acids is 1. The van der Waals surface area contributed by atoms with Crippen LogP contribution < -0.4 is 11.1 Å². The van der Waals surface area contributed by atoms with Gasteiger partial charge in [0.1, 0.15) is 23.7 Å². The number of nitrogens with one attached hydrogen (secondary N) is 1. The van der Waals surface area contributed by atoms with Gasteiger partial charge in [-0.05, 0) is 12.5 Å². The van der Waals surface area contributed by atoms with Crippen LogP contribution >= 0.6 is 34.9 Å². The third-order valence-electron chi connectivity index (χ3n) is 3.85. The summed E-state index contributed by atoms with van der Waals surface area (Å²) >= 11 is 7.99. The number of oxime groups is 1. The molecule has 0 radical (unpaired) electrons.